The van der Waals surface area contributed by atoms with E-state index in [2.05, 4.69) is 96.8 Å². The van der Waals surface area contributed by atoms with E-state index in [1.54, 1.807) is 11.3 Å². The maximum absolute atomic E-state index is 8.00. The first-order valence-corrected chi connectivity index (χ1v) is 10.1. The first-order chi connectivity index (χ1) is 15.2. The first-order valence-electron chi connectivity index (χ1n) is 9.29. The minimum absolute atomic E-state index is 0.950. The van der Waals surface area contributed by atoms with Gasteiger partial charge in [0.15, 0.2) is 0 Å². The summed E-state index contributed by atoms with van der Waals surface area (Å²) in [6.45, 7) is 8.19. The van der Waals surface area contributed by atoms with Crippen molar-refractivity contribution in [3.8, 4) is 32.3 Å². The van der Waals surface area contributed by atoms with E-state index in [1.807, 2.05) is 13.6 Å². The molecule has 0 fully saturated rings. The van der Waals surface area contributed by atoms with E-state index >= 15 is 0 Å². The molecular formula is C25H26N2O3S. The smallest absolute Gasteiger partial charge is 0.148 e. The Hall–Kier alpha value is -3.48. The lowest BCUT2D eigenvalue weighted by atomic mass is 10.0. The predicted molar refractivity (Wildman–Crippen MR) is 128 cm³/mol. The van der Waals surface area contributed by atoms with Gasteiger partial charge in [0.2, 0.25) is 0 Å². The van der Waals surface area contributed by atoms with Crippen LogP contribution in [0.2, 0.25) is 0 Å². The highest BCUT2D eigenvalue weighted by atomic mass is 32.1. The highest BCUT2D eigenvalue weighted by Gasteiger charge is 2.09. The molecule has 5 nitrogen and oxygen atoms in total. The van der Waals surface area contributed by atoms with Gasteiger partial charge in [-0.25, -0.2) is 0 Å². The molecule has 0 spiro atoms. The Kier molecular flexibility index (Phi) is 11.3. The lowest BCUT2D eigenvalue weighted by Crippen LogP contribution is -1.81. The van der Waals surface area contributed by atoms with Crippen molar-refractivity contribution in [3.63, 3.8) is 0 Å². The predicted octanol–water partition coefficient (Wildman–Crippen LogP) is 5.39. The van der Waals surface area contributed by atoms with Crippen LogP contribution >= 0.6 is 11.3 Å². The van der Waals surface area contributed by atoms with Gasteiger partial charge >= 0.3 is 0 Å². The molecule has 0 aliphatic carbocycles. The van der Waals surface area contributed by atoms with Crippen LogP contribution in [0.5, 0.6) is 0 Å². The highest BCUT2D eigenvalue weighted by Crippen LogP contribution is 2.31. The Bertz CT molecular complexity index is 1030. The van der Waals surface area contributed by atoms with Gasteiger partial charge in [-0.2, -0.15) is 0 Å². The number of carbonyl (C=O) groups excluding carboxylic acids is 2. The van der Waals surface area contributed by atoms with Gasteiger partial charge in [-0.15, -0.1) is 10.2 Å². The number of hydrogen-bond donors (Lipinski definition) is 1. The van der Waals surface area contributed by atoms with Crippen LogP contribution in [0.25, 0.3) is 32.3 Å². The van der Waals surface area contributed by atoms with Gasteiger partial charge in [-0.3, -0.25) is 0 Å². The van der Waals surface area contributed by atoms with Crippen LogP contribution < -0.4 is 0 Å². The Morgan fingerprint density at radius 2 is 0.806 bits per heavy atom. The summed E-state index contributed by atoms with van der Waals surface area (Å²) in [7, 11) is 1.00. The fraction of sp³-hybridized carbons (Fsp3) is 0.120. The van der Waals surface area contributed by atoms with E-state index in [0.717, 1.165) is 28.3 Å². The molecule has 4 aromatic rings. The van der Waals surface area contributed by atoms with Crippen molar-refractivity contribution in [2.45, 2.75) is 13.8 Å². The number of rotatable bonds is 3. The minimum atomic E-state index is 0.950. The lowest BCUT2D eigenvalue weighted by Gasteiger charge is -2.03. The van der Waals surface area contributed by atoms with Gasteiger partial charge in [0.1, 0.15) is 23.6 Å². The van der Waals surface area contributed by atoms with E-state index in [0.29, 0.717) is 0 Å². The van der Waals surface area contributed by atoms with E-state index in [-0.39, 0.29) is 0 Å². The molecule has 6 heteroatoms. The van der Waals surface area contributed by atoms with Gasteiger partial charge in [0.25, 0.3) is 0 Å². The van der Waals surface area contributed by atoms with Crippen LogP contribution in [0.15, 0.2) is 72.8 Å². The van der Waals surface area contributed by atoms with Crippen LogP contribution in [-0.4, -0.2) is 36.0 Å². The number of nitrogens with zero attached hydrogens (tertiary/aromatic N) is 2. The lowest BCUT2D eigenvalue weighted by molar-refractivity contribution is -0.0987. The molecule has 1 heterocycles. The van der Waals surface area contributed by atoms with Crippen molar-refractivity contribution >= 4 is 24.9 Å². The van der Waals surface area contributed by atoms with Crippen molar-refractivity contribution < 1.29 is 14.7 Å². The summed E-state index contributed by atoms with van der Waals surface area (Å²) in [6.07, 6.45) is 0. The van der Waals surface area contributed by atoms with Gasteiger partial charge < -0.3 is 14.7 Å². The van der Waals surface area contributed by atoms with Crippen molar-refractivity contribution in [3.05, 3.63) is 83.9 Å². The largest absolute Gasteiger partial charge is 0.400 e. The van der Waals surface area contributed by atoms with E-state index in [4.69, 9.17) is 14.7 Å². The molecule has 0 atom stereocenters. The average Bonchev–Trinajstić information content (AvgIpc) is 3.34. The Labute approximate surface area is 187 Å². The maximum Gasteiger partial charge on any atom is 0.148 e. The maximum atomic E-state index is 8.00. The molecular weight excluding hydrogens is 408 g/mol. The highest BCUT2D eigenvalue weighted by molar-refractivity contribution is 7.17. The van der Waals surface area contributed by atoms with Gasteiger partial charge in [0, 0.05) is 18.2 Å². The molecule has 1 aromatic heterocycles. The number of aryl methyl sites for hydroxylation is 2. The quantitative estimate of drug-likeness (QED) is 0.467. The molecule has 0 unspecified atom stereocenters. The summed E-state index contributed by atoms with van der Waals surface area (Å²) >= 11 is 1.63. The summed E-state index contributed by atoms with van der Waals surface area (Å²) in [6, 6.07) is 25.5. The molecule has 3 aromatic carbocycles. The molecule has 31 heavy (non-hydrogen) atoms. The molecule has 0 radical (unpaired) electrons. The topological polar surface area (TPSA) is 80.2 Å². The third kappa shape index (κ3) is 7.06. The number of aliphatic hydroxyl groups excluding tert-OH is 1. The molecule has 0 bridgehead atoms. The van der Waals surface area contributed by atoms with Crippen LogP contribution in [0, 0.1) is 13.8 Å². The fourth-order valence-corrected chi connectivity index (χ4v) is 3.56. The fourth-order valence-electron chi connectivity index (χ4n) is 2.70. The van der Waals surface area contributed by atoms with Crippen LogP contribution in [0.4, 0.5) is 0 Å². The average molecular weight is 435 g/mol. The standard InChI is InChI=1S/C22H18N2S.CH4O.2CH2O/c1-15-3-7-17(8-4-15)18-11-13-20(14-12-18)22-24-23-21(25-22)19-9-5-16(2)6-10-19;3*1-2/h3-14H,1-2H3;2H,1H3;2*1H2. The molecule has 1 N–H and O–H groups in total. The summed E-state index contributed by atoms with van der Waals surface area (Å²) < 4.78 is 0. The molecule has 0 aliphatic rings. The van der Waals surface area contributed by atoms with E-state index in [1.165, 1.54) is 22.3 Å². The second-order valence-electron chi connectivity index (χ2n) is 6.22. The zero-order valence-corrected chi connectivity index (χ0v) is 18.7. The van der Waals surface area contributed by atoms with Gasteiger partial charge in [-0.1, -0.05) is 95.3 Å². The summed E-state index contributed by atoms with van der Waals surface area (Å²) in [5, 5.41) is 17.6. The number of carbonyl (C=O) groups is 2. The molecule has 0 saturated carbocycles. The van der Waals surface area contributed by atoms with Crippen LogP contribution in [0.3, 0.4) is 0 Å². The zero-order chi connectivity index (χ0) is 23.2. The van der Waals surface area contributed by atoms with Crippen LogP contribution in [-0.2, 0) is 9.59 Å². The number of aliphatic hydroxyl groups is 1. The number of benzene rings is 3. The summed E-state index contributed by atoms with van der Waals surface area (Å²) in [4.78, 5) is 16.0. The van der Waals surface area contributed by atoms with Crippen molar-refractivity contribution in [2.24, 2.45) is 0 Å². The second kappa shape index (κ2) is 13.7. The Morgan fingerprint density at radius 3 is 1.16 bits per heavy atom. The zero-order valence-electron chi connectivity index (χ0n) is 17.9. The summed E-state index contributed by atoms with van der Waals surface area (Å²) in [5.41, 5.74) is 7.19. The Balaban J connectivity index is 0.000000739. The monoisotopic (exact) mass is 434 g/mol. The second-order valence-corrected chi connectivity index (χ2v) is 7.20. The third-order valence-corrected chi connectivity index (χ3v) is 5.26. The molecule has 160 valence electrons. The minimum Gasteiger partial charge on any atom is -0.400 e. The van der Waals surface area contributed by atoms with Crippen molar-refractivity contribution in [2.75, 3.05) is 7.11 Å². The SMILES string of the molecule is C=O.C=O.CO.Cc1ccc(-c2ccc(-c3nnc(-c4ccc(C)cc4)s3)cc2)cc1. The van der Waals surface area contributed by atoms with Gasteiger partial charge in [-0.05, 0) is 25.0 Å². The van der Waals surface area contributed by atoms with Crippen molar-refractivity contribution in [1.29, 1.82) is 0 Å². The van der Waals surface area contributed by atoms with E-state index < -0.39 is 0 Å². The summed E-state index contributed by atoms with van der Waals surface area (Å²) in [5.74, 6) is 0. The van der Waals surface area contributed by atoms with E-state index in [9.17, 15) is 0 Å². The normalized spacial score (nSPS) is 9.16. The van der Waals surface area contributed by atoms with Crippen LogP contribution in [0.1, 0.15) is 11.1 Å². The molecule has 4 rings (SSSR count). The number of hydrogen-bond acceptors (Lipinski definition) is 6. The Morgan fingerprint density at radius 1 is 0.548 bits per heavy atom. The first kappa shape index (κ1) is 25.6. The van der Waals surface area contributed by atoms with Gasteiger partial charge in [0.05, 0.1) is 0 Å². The number of aromatic nitrogens is 2. The molecule has 0 amide bonds. The third-order valence-electron chi connectivity index (χ3n) is 4.24. The molecule has 0 aliphatic heterocycles. The van der Waals surface area contributed by atoms with Crippen molar-refractivity contribution in [1.82, 2.24) is 10.2 Å². The molecule has 0 saturated heterocycles.